The standard InChI is InChI=1S/C15H17N3O2/c1-10-6-7-16-13(8-10)18-9-12(15(19)20)14(17-18)11-4-2-3-5-11/h6-9,11H,2-5H2,1H3,(H,19,20). The molecule has 104 valence electrons. The maximum absolute atomic E-state index is 11.4. The zero-order valence-electron chi connectivity index (χ0n) is 11.4. The van der Waals surface area contributed by atoms with Gasteiger partial charge in [0, 0.05) is 18.3 Å². The minimum Gasteiger partial charge on any atom is -0.478 e. The van der Waals surface area contributed by atoms with Crippen LogP contribution in [0.3, 0.4) is 0 Å². The molecule has 0 aromatic carbocycles. The van der Waals surface area contributed by atoms with Gasteiger partial charge in [-0.15, -0.1) is 0 Å². The Hall–Kier alpha value is -2.17. The summed E-state index contributed by atoms with van der Waals surface area (Å²) in [5.41, 5.74) is 2.09. The van der Waals surface area contributed by atoms with Gasteiger partial charge in [-0.1, -0.05) is 12.8 Å². The lowest BCUT2D eigenvalue weighted by Gasteiger charge is -2.06. The molecule has 0 aliphatic heterocycles. The number of carboxylic acid groups (broad SMARTS) is 1. The quantitative estimate of drug-likeness (QED) is 0.932. The summed E-state index contributed by atoms with van der Waals surface area (Å²) in [6.07, 6.45) is 7.65. The first kappa shape index (κ1) is 12.8. The van der Waals surface area contributed by atoms with Crippen molar-refractivity contribution in [3.63, 3.8) is 0 Å². The fourth-order valence-electron chi connectivity index (χ4n) is 2.82. The average molecular weight is 271 g/mol. The summed E-state index contributed by atoms with van der Waals surface area (Å²) in [7, 11) is 0. The summed E-state index contributed by atoms with van der Waals surface area (Å²) in [6, 6.07) is 3.81. The Bertz CT molecular complexity index is 642. The first-order chi connectivity index (χ1) is 9.65. The predicted octanol–water partition coefficient (Wildman–Crippen LogP) is 2.93. The molecule has 3 rings (SSSR count). The van der Waals surface area contributed by atoms with Crippen molar-refractivity contribution in [3.05, 3.63) is 41.3 Å². The summed E-state index contributed by atoms with van der Waals surface area (Å²) in [4.78, 5) is 15.7. The third kappa shape index (κ3) is 2.31. The van der Waals surface area contributed by atoms with Crippen LogP contribution >= 0.6 is 0 Å². The monoisotopic (exact) mass is 271 g/mol. The molecule has 0 bridgehead atoms. The van der Waals surface area contributed by atoms with E-state index < -0.39 is 5.97 Å². The van der Waals surface area contributed by atoms with Gasteiger partial charge in [-0.05, 0) is 37.5 Å². The van der Waals surface area contributed by atoms with E-state index in [4.69, 9.17) is 0 Å². The Morgan fingerprint density at radius 2 is 2.15 bits per heavy atom. The molecule has 0 amide bonds. The van der Waals surface area contributed by atoms with Crippen LogP contribution in [-0.2, 0) is 0 Å². The van der Waals surface area contributed by atoms with Gasteiger partial charge in [0.05, 0.1) is 5.69 Å². The highest BCUT2D eigenvalue weighted by Crippen LogP contribution is 2.35. The van der Waals surface area contributed by atoms with Gasteiger partial charge in [-0.3, -0.25) is 0 Å². The molecule has 0 saturated heterocycles. The Morgan fingerprint density at radius 1 is 1.40 bits per heavy atom. The van der Waals surface area contributed by atoms with E-state index in [0.717, 1.165) is 31.2 Å². The van der Waals surface area contributed by atoms with Crippen LogP contribution < -0.4 is 0 Å². The van der Waals surface area contributed by atoms with E-state index in [-0.39, 0.29) is 5.92 Å². The van der Waals surface area contributed by atoms with Crippen LogP contribution in [0, 0.1) is 6.92 Å². The summed E-state index contributed by atoms with van der Waals surface area (Å²) < 4.78 is 1.59. The normalized spacial score (nSPS) is 15.7. The van der Waals surface area contributed by atoms with Crippen LogP contribution in [0.2, 0.25) is 0 Å². The number of hydrogen-bond acceptors (Lipinski definition) is 3. The largest absolute Gasteiger partial charge is 0.478 e. The smallest absolute Gasteiger partial charge is 0.339 e. The molecule has 1 saturated carbocycles. The van der Waals surface area contributed by atoms with Gasteiger partial charge < -0.3 is 5.11 Å². The molecule has 0 atom stereocenters. The summed E-state index contributed by atoms with van der Waals surface area (Å²) >= 11 is 0. The number of nitrogens with zero attached hydrogens (tertiary/aromatic N) is 3. The fourth-order valence-corrected chi connectivity index (χ4v) is 2.82. The van der Waals surface area contributed by atoms with Crippen LogP contribution in [0.1, 0.15) is 53.2 Å². The summed E-state index contributed by atoms with van der Waals surface area (Å²) in [6.45, 7) is 1.98. The lowest BCUT2D eigenvalue weighted by atomic mass is 10.0. The molecule has 2 aromatic heterocycles. The van der Waals surface area contributed by atoms with Gasteiger partial charge in [0.1, 0.15) is 5.56 Å². The SMILES string of the molecule is Cc1ccnc(-n2cc(C(=O)O)c(C3CCCC3)n2)c1. The lowest BCUT2D eigenvalue weighted by Crippen LogP contribution is -2.03. The third-order valence-corrected chi connectivity index (χ3v) is 3.85. The molecular weight excluding hydrogens is 254 g/mol. The maximum atomic E-state index is 11.4. The number of rotatable bonds is 3. The van der Waals surface area contributed by atoms with Crippen molar-refractivity contribution >= 4 is 5.97 Å². The van der Waals surface area contributed by atoms with Crippen molar-refractivity contribution in [3.8, 4) is 5.82 Å². The zero-order chi connectivity index (χ0) is 14.1. The van der Waals surface area contributed by atoms with Crippen molar-refractivity contribution in [1.82, 2.24) is 14.8 Å². The van der Waals surface area contributed by atoms with E-state index >= 15 is 0 Å². The second-order valence-corrected chi connectivity index (χ2v) is 5.35. The van der Waals surface area contributed by atoms with Crippen molar-refractivity contribution in [2.75, 3.05) is 0 Å². The van der Waals surface area contributed by atoms with Crippen LogP contribution in [-0.4, -0.2) is 25.8 Å². The number of aromatic nitrogens is 3. The van der Waals surface area contributed by atoms with Crippen molar-refractivity contribution in [2.24, 2.45) is 0 Å². The molecule has 1 fully saturated rings. The van der Waals surface area contributed by atoms with Crippen molar-refractivity contribution < 1.29 is 9.90 Å². The van der Waals surface area contributed by atoms with E-state index in [0.29, 0.717) is 17.1 Å². The minimum absolute atomic E-state index is 0.271. The van der Waals surface area contributed by atoms with Gasteiger partial charge >= 0.3 is 5.97 Å². The topological polar surface area (TPSA) is 68.0 Å². The highest BCUT2D eigenvalue weighted by Gasteiger charge is 2.26. The number of hydrogen-bond donors (Lipinski definition) is 1. The minimum atomic E-state index is -0.911. The number of carbonyl (C=O) groups is 1. The van der Waals surface area contributed by atoms with E-state index in [1.165, 1.54) is 0 Å². The molecule has 1 N–H and O–H groups in total. The van der Waals surface area contributed by atoms with Gasteiger partial charge in [-0.2, -0.15) is 5.10 Å². The first-order valence-electron chi connectivity index (χ1n) is 6.91. The fraction of sp³-hybridized carbons (Fsp3) is 0.400. The van der Waals surface area contributed by atoms with Gasteiger partial charge in [0.15, 0.2) is 5.82 Å². The second-order valence-electron chi connectivity index (χ2n) is 5.35. The number of pyridine rings is 1. The molecule has 5 nitrogen and oxygen atoms in total. The predicted molar refractivity (Wildman–Crippen MR) is 74.3 cm³/mol. The summed E-state index contributed by atoms with van der Waals surface area (Å²) in [5, 5.41) is 13.9. The van der Waals surface area contributed by atoms with Crippen molar-refractivity contribution in [1.29, 1.82) is 0 Å². The highest BCUT2D eigenvalue weighted by molar-refractivity contribution is 5.89. The van der Waals surface area contributed by atoms with Crippen LogP contribution in [0.15, 0.2) is 24.5 Å². The molecule has 1 aliphatic rings. The maximum Gasteiger partial charge on any atom is 0.339 e. The number of aromatic carboxylic acids is 1. The highest BCUT2D eigenvalue weighted by atomic mass is 16.4. The second kappa shape index (κ2) is 5.07. The Kier molecular flexibility index (Phi) is 3.26. The van der Waals surface area contributed by atoms with Crippen molar-refractivity contribution in [2.45, 2.75) is 38.5 Å². The number of aryl methyl sites for hydroxylation is 1. The Balaban J connectivity index is 2.05. The molecule has 20 heavy (non-hydrogen) atoms. The molecule has 1 aliphatic carbocycles. The molecular formula is C15H17N3O2. The molecule has 0 radical (unpaired) electrons. The zero-order valence-corrected chi connectivity index (χ0v) is 11.4. The molecule has 2 aromatic rings. The molecule has 0 spiro atoms. The summed E-state index contributed by atoms with van der Waals surface area (Å²) in [5.74, 6) is 0.0229. The van der Waals surface area contributed by atoms with Gasteiger partial charge in [0.25, 0.3) is 0 Å². The Morgan fingerprint density at radius 3 is 2.80 bits per heavy atom. The van der Waals surface area contributed by atoms with E-state index in [1.807, 2.05) is 19.1 Å². The van der Waals surface area contributed by atoms with Crippen LogP contribution in [0.4, 0.5) is 0 Å². The Labute approximate surface area is 117 Å². The molecule has 5 heteroatoms. The van der Waals surface area contributed by atoms with Crippen LogP contribution in [0.5, 0.6) is 0 Å². The third-order valence-electron chi connectivity index (χ3n) is 3.85. The van der Waals surface area contributed by atoms with Gasteiger partial charge in [0.2, 0.25) is 0 Å². The van der Waals surface area contributed by atoms with Crippen LogP contribution in [0.25, 0.3) is 5.82 Å². The molecule has 0 unspecified atom stereocenters. The lowest BCUT2D eigenvalue weighted by molar-refractivity contribution is 0.0695. The molecule has 2 heterocycles. The van der Waals surface area contributed by atoms with E-state index in [1.54, 1.807) is 17.1 Å². The van der Waals surface area contributed by atoms with E-state index in [9.17, 15) is 9.90 Å². The van der Waals surface area contributed by atoms with E-state index in [2.05, 4.69) is 10.1 Å². The first-order valence-corrected chi connectivity index (χ1v) is 6.91. The van der Waals surface area contributed by atoms with Gasteiger partial charge in [-0.25, -0.2) is 14.5 Å². The average Bonchev–Trinajstić information content (AvgIpc) is 3.08. The number of carboxylic acids is 1.